The Morgan fingerprint density at radius 2 is 1.36 bits per heavy atom. The summed E-state index contributed by atoms with van der Waals surface area (Å²) in [5.41, 5.74) is 5.09. The van der Waals surface area contributed by atoms with E-state index >= 15 is 0 Å². The van der Waals surface area contributed by atoms with Gasteiger partial charge in [-0.2, -0.15) is 5.26 Å². The van der Waals surface area contributed by atoms with Crippen molar-refractivity contribution in [2.45, 2.75) is 35.1 Å². The van der Waals surface area contributed by atoms with Crippen LogP contribution in [0, 0.1) is 28.8 Å². The summed E-state index contributed by atoms with van der Waals surface area (Å²) < 4.78 is 127. The van der Waals surface area contributed by atoms with E-state index in [1.807, 2.05) is 0 Å². The predicted molar refractivity (Wildman–Crippen MR) is 191 cm³/mol. The van der Waals surface area contributed by atoms with Crippen LogP contribution in [-0.4, -0.2) is 60.2 Å². The molecular weight excluding hydrogens is 843 g/mol. The van der Waals surface area contributed by atoms with E-state index in [0.29, 0.717) is 6.07 Å². The van der Waals surface area contributed by atoms with Crippen LogP contribution in [0.1, 0.15) is 40.0 Å². The first kappa shape index (κ1) is 42.6. The molecule has 4 aromatic carbocycles. The van der Waals surface area contributed by atoms with E-state index in [2.05, 4.69) is 26.6 Å². The normalized spacial score (nSPS) is 14.5. The number of hydrogen-bond donors (Lipinski definition) is 3. The number of benzene rings is 4. The summed E-state index contributed by atoms with van der Waals surface area (Å²) in [6.45, 7) is 1.51. The molecule has 0 bridgehead atoms. The quantitative estimate of drug-likeness (QED) is 0.128. The number of rotatable bonds is 10. The van der Waals surface area contributed by atoms with E-state index in [4.69, 9.17) is 20.5 Å². The lowest BCUT2D eigenvalue weighted by Gasteiger charge is -2.16. The van der Waals surface area contributed by atoms with Crippen LogP contribution in [0.3, 0.4) is 0 Å². The van der Waals surface area contributed by atoms with Gasteiger partial charge in [0.25, 0.3) is 11.8 Å². The van der Waals surface area contributed by atoms with Gasteiger partial charge in [0, 0.05) is 74.3 Å². The minimum atomic E-state index is -3.79. The molecule has 0 heterocycles. The number of hydrogen-bond acceptors (Lipinski definition) is 10. The number of nitrogens with one attached hydrogen (secondary N) is 2. The smallest absolute Gasteiger partial charge is 0.271 e. The molecule has 1 aliphatic carbocycles. The molecule has 20 heteroatoms. The van der Waals surface area contributed by atoms with Gasteiger partial charge in [-0.1, -0.05) is 0 Å². The fourth-order valence-electron chi connectivity index (χ4n) is 5.29. The number of nitrogens with two attached hydrogens (primary N) is 1. The Bertz CT molecular complexity index is 2430. The zero-order valence-electron chi connectivity index (χ0n) is 28.8. The van der Waals surface area contributed by atoms with Crippen LogP contribution in [0.5, 0.6) is 23.0 Å². The fourth-order valence-corrected chi connectivity index (χ4v) is 7.88. The summed E-state index contributed by atoms with van der Waals surface area (Å²) in [4.78, 5) is 22.9. The Morgan fingerprint density at radius 3 is 1.93 bits per heavy atom. The number of nitrogens with zero attached hydrogens (tertiary/aromatic N) is 1. The zero-order chi connectivity index (χ0) is 41.0. The first-order valence-electron chi connectivity index (χ1n) is 15.6. The van der Waals surface area contributed by atoms with Gasteiger partial charge >= 0.3 is 0 Å². The molecule has 0 aromatic heterocycles. The molecule has 0 fully saturated rings. The second-order valence-electron chi connectivity index (χ2n) is 12.0. The molecule has 0 saturated carbocycles. The number of carbonyl (C=O) groups excluding carboxylic acids is 2. The van der Waals surface area contributed by atoms with Crippen molar-refractivity contribution in [3.8, 4) is 29.1 Å². The number of alkyl halides is 2. The van der Waals surface area contributed by atoms with Crippen LogP contribution in [0.25, 0.3) is 0 Å². The van der Waals surface area contributed by atoms with Crippen LogP contribution < -0.4 is 25.8 Å². The molecule has 2 amide bonds. The van der Waals surface area contributed by atoms with Crippen LogP contribution in [0.4, 0.5) is 22.0 Å². The summed E-state index contributed by atoms with van der Waals surface area (Å²) in [6, 6.07) is 10.5. The summed E-state index contributed by atoms with van der Waals surface area (Å²) in [5.74, 6) is -7.14. The Labute approximate surface area is 320 Å². The van der Waals surface area contributed by atoms with Gasteiger partial charge < -0.3 is 25.8 Å². The van der Waals surface area contributed by atoms with Crippen molar-refractivity contribution in [1.29, 1.82) is 5.26 Å². The Morgan fingerprint density at radius 1 is 0.855 bits per heavy atom. The molecule has 4 N–H and O–H groups in total. The van der Waals surface area contributed by atoms with Gasteiger partial charge in [0.15, 0.2) is 19.7 Å². The molecule has 0 radical (unpaired) electrons. The van der Waals surface area contributed by atoms with Gasteiger partial charge in [0.2, 0.25) is 5.91 Å². The molecule has 5 rings (SSSR count). The van der Waals surface area contributed by atoms with Gasteiger partial charge in [-0.15, -0.1) is 0 Å². The van der Waals surface area contributed by atoms with Crippen LogP contribution in [0.2, 0.25) is 0 Å². The van der Waals surface area contributed by atoms with Crippen LogP contribution >= 0.6 is 15.9 Å². The van der Waals surface area contributed by atoms with Crippen molar-refractivity contribution >= 4 is 47.4 Å². The summed E-state index contributed by atoms with van der Waals surface area (Å²) in [5, 5.41) is 13.9. The maximum absolute atomic E-state index is 14.1. The molecule has 4 aromatic rings. The molecule has 0 aliphatic heterocycles. The number of nitriles is 1. The maximum Gasteiger partial charge on any atom is 0.271 e. The van der Waals surface area contributed by atoms with Crippen molar-refractivity contribution in [3.63, 3.8) is 0 Å². The third-order valence-corrected chi connectivity index (χ3v) is 10.7. The Hall–Kier alpha value is -5.10. The topological polar surface area (TPSA) is 195 Å². The minimum absolute atomic E-state index is 0.00793. The fraction of sp³-hybridized carbons (Fsp3) is 0.229. The standard InChI is InChI=1S/C18H17BrF2N2O5S.C17H13F3N2O3S/c1-10(24)22-5-6-23-18(25)16-15(29(2,26)27)4-3-14(17(16)19)28-13-8-11(20)7-12(21)9-13;1-26(23,24)14-3-2-13(12-7-17(19,20)16(22)15(12)14)25-11-5-9(8-21)4-10(18)6-11/h3-4,7-9H,5-6H2,1-2H3,(H,22,24)(H,23,25);2-6,16H,7,22H2,1H3. The lowest BCUT2D eigenvalue weighted by molar-refractivity contribution is -0.118. The van der Waals surface area contributed by atoms with Gasteiger partial charge in [-0.05, 0) is 52.3 Å². The average Bonchev–Trinajstić information content (AvgIpc) is 3.30. The third-order valence-electron chi connectivity index (χ3n) is 7.62. The van der Waals surface area contributed by atoms with Gasteiger partial charge in [-0.3, -0.25) is 9.59 Å². The van der Waals surface area contributed by atoms with E-state index in [-0.39, 0.29) is 78.5 Å². The van der Waals surface area contributed by atoms with Crippen molar-refractivity contribution in [3.05, 3.63) is 105 Å². The summed E-state index contributed by atoms with van der Waals surface area (Å²) in [6.07, 6.45) is 1.03. The van der Waals surface area contributed by atoms with Crippen molar-refractivity contribution < 1.29 is 57.9 Å². The predicted octanol–water partition coefficient (Wildman–Crippen LogP) is 5.87. The molecule has 12 nitrogen and oxygen atoms in total. The SMILES string of the molecule is CC(=O)NCCNC(=O)c1c(S(C)(=O)=O)ccc(Oc2cc(F)cc(F)c2)c1Br.CS(=O)(=O)c1ccc(Oc2cc(F)cc(C#N)c2)c2c1C(N)C(F)(F)C2. The lowest BCUT2D eigenvalue weighted by atomic mass is 10.1. The summed E-state index contributed by atoms with van der Waals surface area (Å²) in [7, 11) is -7.57. The van der Waals surface area contributed by atoms with Crippen molar-refractivity contribution in [2.75, 3.05) is 25.6 Å². The molecule has 55 heavy (non-hydrogen) atoms. The molecule has 1 unspecified atom stereocenters. The Balaban J connectivity index is 0.000000246. The molecule has 1 atom stereocenters. The highest BCUT2D eigenvalue weighted by Gasteiger charge is 2.49. The number of halogens is 6. The van der Waals surface area contributed by atoms with Crippen LogP contribution in [0.15, 0.2) is 74.9 Å². The number of amides is 2. The average molecular weight is 874 g/mol. The second-order valence-corrected chi connectivity index (χ2v) is 16.8. The monoisotopic (exact) mass is 872 g/mol. The first-order chi connectivity index (χ1) is 25.5. The highest BCUT2D eigenvalue weighted by atomic mass is 79.9. The molecule has 292 valence electrons. The molecule has 0 spiro atoms. The highest BCUT2D eigenvalue weighted by molar-refractivity contribution is 9.10. The van der Waals surface area contributed by atoms with E-state index in [0.717, 1.165) is 48.9 Å². The largest absolute Gasteiger partial charge is 0.457 e. The van der Waals surface area contributed by atoms with Gasteiger partial charge in [0.05, 0.1) is 37.5 Å². The number of sulfone groups is 2. The van der Waals surface area contributed by atoms with Gasteiger partial charge in [-0.25, -0.2) is 38.8 Å². The van der Waals surface area contributed by atoms with Crippen molar-refractivity contribution in [2.24, 2.45) is 5.73 Å². The number of ether oxygens (including phenoxy) is 2. The highest BCUT2D eigenvalue weighted by Crippen LogP contribution is 2.48. The maximum atomic E-state index is 14.1. The zero-order valence-corrected chi connectivity index (χ0v) is 32.1. The van der Waals surface area contributed by atoms with E-state index in [1.165, 1.54) is 25.1 Å². The number of fused-ring (bicyclic) bond motifs is 1. The molecule has 0 saturated heterocycles. The Kier molecular flexibility index (Phi) is 13.0. The third kappa shape index (κ3) is 10.6. The lowest BCUT2D eigenvalue weighted by Crippen LogP contribution is -2.34. The van der Waals surface area contributed by atoms with Crippen molar-refractivity contribution in [1.82, 2.24) is 10.6 Å². The van der Waals surface area contributed by atoms with E-state index < -0.39 is 61.4 Å². The minimum Gasteiger partial charge on any atom is -0.457 e. The van der Waals surface area contributed by atoms with E-state index in [9.17, 15) is 48.4 Å². The summed E-state index contributed by atoms with van der Waals surface area (Å²) >= 11 is 3.14. The van der Waals surface area contributed by atoms with Crippen LogP contribution in [-0.2, 0) is 30.9 Å². The molecular formula is C35H30BrF5N4O8S2. The second kappa shape index (κ2) is 16.7. The van der Waals surface area contributed by atoms with E-state index in [1.54, 1.807) is 6.07 Å². The van der Waals surface area contributed by atoms with Gasteiger partial charge in [0.1, 0.15) is 40.4 Å². The molecule has 1 aliphatic rings. The first-order valence-corrected chi connectivity index (χ1v) is 20.2. The number of carbonyl (C=O) groups is 2.